The van der Waals surface area contributed by atoms with E-state index in [9.17, 15) is 4.79 Å². The van der Waals surface area contributed by atoms with E-state index in [4.69, 9.17) is 4.52 Å². The minimum atomic E-state index is -0.0176. The second kappa shape index (κ2) is 8.61. The first-order chi connectivity index (χ1) is 13.7. The Bertz CT molecular complexity index is 924. The van der Waals surface area contributed by atoms with E-state index in [0.717, 1.165) is 24.9 Å². The third-order valence-corrected chi connectivity index (χ3v) is 5.83. The van der Waals surface area contributed by atoms with Crippen LogP contribution in [-0.4, -0.2) is 40.3 Å². The second-order valence-corrected chi connectivity index (χ2v) is 7.89. The fourth-order valence-corrected chi connectivity index (χ4v) is 3.94. The van der Waals surface area contributed by atoms with Crippen molar-refractivity contribution < 1.29 is 9.32 Å². The van der Waals surface area contributed by atoms with Gasteiger partial charge in [0.25, 0.3) is 0 Å². The molecule has 4 rings (SSSR count). The predicted octanol–water partition coefficient (Wildman–Crippen LogP) is 4.41. The number of carbonyl (C=O) groups is 1. The first-order valence-electron chi connectivity index (χ1n) is 9.52. The zero-order chi connectivity index (χ0) is 19.3. The molecule has 0 radical (unpaired) electrons. The van der Waals surface area contributed by atoms with Crippen LogP contribution in [0.2, 0.25) is 0 Å². The fraction of sp³-hybridized carbons (Fsp3) is 0.318. The van der Waals surface area contributed by atoms with E-state index in [-0.39, 0.29) is 11.8 Å². The normalized spacial score (nSPS) is 16.7. The van der Waals surface area contributed by atoms with E-state index in [0.29, 0.717) is 24.7 Å². The van der Waals surface area contributed by atoms with Gasteiger partial charge in [-0.3, -0.25) is 4.79 Å². The van der Waals surface area contributed by atoms with Crippen LogP contribution in [0.3, 0.4) is 0 Å². The molecular formula is C22H23N3O2S. The molecule has 0 aliphatic carbocycles. The average molecular weight is 394 g/mol. The van der Waals surface area contributed by atoms with E-state index in [1.807, 2.05) is 53.6 Å². The van der Waals surface area contributed by atoms with Crippen molar-refractivity contribution in [2.45, 2.75) is 30.1 Å². The number of nitrogens with zero attached hydrogens (tertiary/aromatic N) is 3. The molecule has 1 aliphatic heterocycles. The lowest BCUT2D eigenvalue weighted by atomic mass is 10.1. The number of carbonyl (C=O) groups excluding carboxylic acids is 1. The Morgan fingerprint density at radius 3 is 2.68 bits per heavy atom. The van der Waals surface area contributed by atoms with Crippen LogP contribution in [0.4, 0.5) is 0 Å². The molecule has 1 unspecified atom stereocenters. The molecule has 2 heterocycles. The van der Waals surface area contributed by atoms with Gasteiger partial charge in [0, 0.05) is 30.0 Å². The highest BCUT2D eigenvalue weighted by atomic mass is 32.2. The van der Waals surface area contributed by atoms with Gasteiger partial charge in [-0.1, -0.05) is 35.5 Å². The molecule has 1 aromatic heterocycles. The Hall–Kier alpha value is -2.60. The quantitative estimate of drug-likeness (QED) is 0.557. The van der Waals surface area contributed by atoms with Gasteiger partial charge in [0.2, 0.25) is 17.6 Å². The van der Waals surface area contributed by atoms with Crippen LogP contribution in [0.25, 0.3) is 11.4 Å². The Labute approximate surface area is 169 Å². The van der Waals surface area contributed by atoms with E-state index >= 15 is 0 Å². The number of hydrogen-bond donors (Lipinski definition) is 0. The topological polar surface area (TPSA) is 59.2 Å². The molecule has 0 saturated carbocycles. The predicted molar refractivity (Wildman–Crippen MR) is 110 cm³/mol. The number of hydrogen-bond acceptors (Lipinski definition) is 5. The van der Waals surface area contributed by atoms with Crippen molar-refractivity contribution in [3.05, 3.63) is 66.1 Å². The molecule has 1 amide bonds. The van der Waals surface area contributed by atoms with Gasteiger partial charge in [0.1, 0.15) is 0 Å². The van der Waals surface area contributed by atoms with Gasteiger partial charge in [-0.15, -0.1) is 11.8 Å². The minimum Gasteiger partial charge on any atom is -0.342 e. The molecule has 144 valence electrons. The van der Waals surface area contributed by atoms with Crippen LogP contribution in [0, 0.1) is 0 Å². The smallest absolute Gasteiger partial charge is 0.232 e. The summed E-state index contributed by atoms with van der Waals surface area (Å²) in [6, 6.07) is 18.5. The van der Waals surface area contributed by atoms with Crippen LogP contribution in [0.1, 0.15) is 30.2 Å². The van der Waals surface area contributed by atoms with Crippen molar-refractivity contribution in [2.24, 2.45) is 0 Å². The van der Waals surface area contributed by atoms with Crippen LogP contribution < -0.4 is 0 Å². The number of aryl methyl sites for hydroxylation is 1. The largest absolute Gasteiger partial charge is 0.342 e. The summed E-state index contributed by atoms with van der Waals surface area (Å²) in [4.78, 5) is 20.0. The molecule has 1 fully saturated rings. The number of amides is 1. The Kier molecular flexibility index (Phi) is 5.76. The second-order valence-electron chi connectivity index (χ2n) is 7.01. The Morgan fingerprint density at radius 1 is 1.14 bits per heavy atom. The maximum absolute atomic E-state index is 12.4. The summed E-state index contributed by atoms with van der Waals surface area (Å²) in [7, 11) is 0. The highest BCUT2D eigenvalue weighted by Crippen LogP contribution is 2.29. The van der Waals surface area contributed by atoms with Crippen molar-refractivity contribution >= 4 is 17.7 Å². The zero-order valence-electron chi connectivity index (χ0n) is 15.9. The van der Waals surface area contributed by atoms with Crippen LogP contribution in [-0.2, 0) is 11.2 Å². The fourth-order valence-electron chi connectivity index (χ4n) is 3.53. The van der Waals surface area contributed by atoms with Crippen molar-refractivity contribution in [1.29, 1.82) is 0 Å². The van der Waals surface area contributed by atoms with E-state index in [2.05, 4.69) is 22.3 Å². The van der Waals surface area contributed by atoms with Gasteiger partial charge in [-0.25, -0.2) is 0 Å². The summed E-state index contributed by atoms with van der Waals surface area (Å²) in [5.41, 5.74) is 2.23. The number of likely N-dealkylation sites (tertiary alicyclic amines) is 1. The lowest BCUT2D eigenvalue weighted by molar-refractivity contribution is -0.127. The molecule has 1 atom stereocenters. The van der Waals surface area contributed by atoms with Crippen LogP contribution in [0.5, 0.6) is 0 Å². The molecule has 28 heavy (non-hydrogen) atoms. The summed E-state index contributed by atoms with van der Waals surface area (Å²) in [5.74, 6) is 1.29. The molecular weight excluding hydrogens is 370 g/mol. The highest BCUT2D eigenvalue weighted by Gasteiger charge is 2.34. The molecule has 6 heteroatoms. The van der Waals surface area contributed by atoms with Crippen molar-refractivity contribution in [2.75, 3.05) is 19.3 Å². The summed E-state index contributed by atoms with van der Waals surface area (Å²) in [6.07, 6.45) is 4.42. The lowest BCUT2D eigenvalue weighted by Gasteiger charge is -2.15. The van der Waals surface area contributed by atoms with Gasteiger partial charge in [-0.05, 0) is 48.9 Å². The summed E-state index contributed by atoms with van der Waals surface area (Å²) < 4.78 is 5.48. The van der Waals surface area contributed by atoms with Crippen molar-refractivity contribution in [3.8, 4) is 11.4 Å². The monoisotopic (exact) mass is 393 g/mol. The number of thioether (sulfide) groups is 1. The maximum atomic E-state index is 12.4. The SMILES string of the molecule is CSc1ccc(-c2noc(C3CC(=O)N(CCCc4ccccc4)C3)n2)cc1. The van der Waals surface area contributed by atoms with Crippen molar-refractivity contribution in [3.63, 3.8) is 0 Å². The highest BCUT2D eigenvalue weighted by molar-refractivity contribution is 7.98. The molecule has 0 bridgehead atoms. The molecule has 5 nitrogen and oxygen atoms in total. The minimum absolute atomic E-state index is 0.0176. The van der Waals surface area contributed by atoms with Crippen LogP contribution in [0.15, 0.2) is 64.0 Å². The molecule has 2 aromatic carbocycles. The molecule has 3 aromatic rings. The number of rotatable bonds is 7. The zero-order valence-corrected chi connectivity index (χ0v) is 16.7. The third kappa shape index (κ3) is 4.28. The molecule has 1 saturated heterocycles. The summed E-state index contributed by atoms with van der Waals surface area (Å²) >= 11 is 1.70. The molecule has 0 N–H and O–H groups in total. The third-order valence-electron chi connectivity index (χ3n) is 5.09. The first-order valence-corrected chi connectivity index (χ1v) is 10.7. The first kappa shape index (κ1) is 18.7. The van der Waals surface area contributed by atoms with Gasteiger partial charge in [0.15, 0.2) is 0 Å². The van der Waals surface area contributed by atoms with Gasteiger partial charge >= 0.3 is 0 Å². The summed E-state index contributed by atoms with van der Waals surface area (Å²) in [6.45, 7) is 1.42. The van der Waals surface area contributed by atoms with Gasteiger partial charge < -0.3 is 9.42 Å². The summed E-state index contributed by atoms with van der Waals surface area (Å²) in [5, 5.41) is 4.12. The van der Waals surface area contributed by atoms with Gasteiger partial charge in [0.05, 0.1) is 5.92 Å². The van der Waals surface area contributed by atoms with E-state index in [1.54, 1.807) is 11.8 Å². The van der Waals surface area contributed by atoms with Gasteiger partial charge in [-0.2, -0.15) is 4.98 Å². The van der Waals surface area contributed by atoms with Crippen LogP contribution >= 0.6 is 11.8 Å². The molecule has 1 aliphatic rings. The lowest BCUT2D eigenvalue weighted by Crippen LogP contribution is -2.26. The maximum Gasteiger partial charge on any atom is 0.232 e. The Morgan fingerprint density at radius 2 is 1.93 bits per heavy atom. The number of aromatic nitrogens is 2. The number of benzene rings is 2. The molecule has 0 spiro atoms. The Balaban J connectivity index is 1.35. The van der Waals surface area contributed by atoms with E-state index in [1.165, 1.54) is 10.5 Å². The standard InChI is InChI=1S/C22H23N3O2S/c1-28-19-11-9-17(10-12-19)21-23-22(27-24-21)18-14-20(26)25(15-18)13-5-8-16-6-3-2-4-7-16/h2-4,6-7,9-12,18H,5,8,13-15H2,1H3. The van der Waals surface area contributed by atoms with E-state index < -0.39 is 0 Å². The van der Waals surface area contributed by atoms with Crippen molar-refractivity contribution in [1.82, 2.24) is 15.0 Å². The average Bonchev–Trinajstić information content (AvgIpc) is 3.36.